The van der Waals surface area contributed by atoms with Gasteiger partial charge in [-0.1, -0.05) is 18.2 Å². The van der Waals surface area contributed by atoms with Gasteiger partial charge < -0.3 is 10.6 Å². The molecule has 0 atom stereocenters. The molecule has 1 aliphatic carbocycles. The van der Waals surface area contributed by atoms with E-state index in [1.54, 1.807) is 14.0 Å². The van der Waals surface area contributed by atoms with Crippen LogP contribution in [0.25, 0.3) is 0 Å². The van der Waals surface area contributed by atoms with Crippen molar-refractivity contribution >= 4 is 51.7 Å². The standard InChI is InChI=1S/C16H26N4O2S2.HI/c1-3-24(21,22)20-12-11-18-15(17-2)19-13-16(9-10-16)23-14-7-5-4-6-8-14;/h4-8,20H,3,9-13H2,1-2H3,(H2,17,18,19);1H. The highest BCUT2D eigenvalue weighted by Crippen LogP contribution is 2.51. The minimum absolute atomic E-state index is 0. The number of benzene rings is 1. The average molecular weight is 498 g/mol. The molecule has 1 aromatic carbocycles. The Labute approximate surface area is 172 Å². The third-order valence-corrected chi connectivity index (χ3v) is 6.70. The number of hydrogen-bond donors (Lipinski definition) is 3. The first kappa shape index (κ1) is 22.5. The van der Waals surface area contributed by atoms with Crippen LogP contribution in [0.15, 0.2) is 40.2 Å². The number of thioether (sulfide) groups is 1. The molecule has 0 saturated heterocycles. The molecule has 9 heteroatoms. The first-order valence-electron chi connectivity index (χ1n) is 8.14. The van der Waals surface area contributed by atoms with Crippen molar-refractivity contribution in [2.75, 3.05) is 32.4 Å². The van der Waals surface area contributed by atoms with Crippen LogP contribution in [0, 0.1) is 0 Å². The van der Waals surface area contributed by atoms with Crippen molar-refractivity contribution < 1.29 is 8.42 Å². The van der Waals surface area contributed by atoms with Gasteiger partial charge in [0.25, 0.3) is 0 Å². The van der Waals surface area contributed by atoms with Gasteiger partial charge in [0.2, 0.25) is 10.0 Å². The largest absolute Gasteiger partial charge is 0.355 e. The summed E-state index contributed by atoms with van der Waals surface area (Å²) in [6, 6.07) is 10.4. The first-order chi connectivity index (χ1) is 11.5. The van der Waals surface area contributed by atoms with Crippen LogP contribution in [0.1, 0.15) is 19.8 Å². The van der Waals surface area contributed by atoms with Crippen molar-refractivity contribution in [1.82, 2.24) is 15.4 Å². The molecule has 0 radical (unpaired) electrons. The van der Waals surface area contributed by atoms with Crippen LogP contribution in [-0.2, 0) is 10.0 Å². The molecule has 0 unspecified atom stereocenters. The SMILES string of the molecule is CCS(=O)(=O)NCCNC(=NC)NCC1(Sc2ccccc2)CC1.I. The van der Waals surface area contributed by atoms with E-state index in [9.17, 15) is 8.42 Å². The molecular formula is C16H27IN4O2S2. The summed E-state index contributed by atoms with van der Waals surface area (Å²) in [6.07, 6.45) is 2.37. The van der Waals surface area contributed by atoms with Crippen molar-refractivity contribution in [2.45, 2.75) is 29.4 Å². The van der Waals surface area contributed by atoms with Gasteiger partial charge in [-0.05, 0) is 31.9 Å². The van der Waals surface area contributed by atoms with Gasteiger partial charge in [-0.25, -0.2) is 13.1 Å². The average Bonchev–Trinajstić information content (AvgIpc) is 3.35. The van der Waals surface area contributed by atoms with E-state index >= 15 is 0 Å². The molecule has 1 aromatic rings. The van der Waals surface area contributed by atoms with Gasteiger partial charge in [-0.2, -0.15) is 0 Å². The van der Waals surface area contributed by atoms with Crippen LogP contribution in [0.4, 0.5) is 0 Å². The summed E-state index contributed by atoms with van der Waals surface area (Å²) in [4.78, 5) is 5.47. The lowest BCUT2D eigenvalue weighted by Crippen LogP contribution is -2.44. The summed E-state index contributed by atoms with van der Waals surface area (Å²) in [7, 11) is -1.42. The Kier molecular flexibility index (Phi) is 9.54. The van der Waals surface area contributed by atoms with Crippen LogP contribution in [-0.4, -0.2) is 51.6 Å². The number of nitrogens with one attached hydrogen (secondary N) is 3. The zero-order valence-corrected chi connectivity index (χ0v) is 18.6. The second-order valence-corrected chi connectivity index (χ2v) is 9.39. The van der Waals surface area contributed by atoms with Crippen LogP contribution < -0.4 is 15.4 Å². The maximum absolute atomic E-state index is 11.4. The van der Waals surface area contributed by atoms with Gasteiger partial charge >= 0.3 is 0 Å². The van der Waals surface area contributed by atoms with E-state index in [1.165, 1.54) is 17.7 Å². The summed E-state index contributed by atoms with van der Waals surface area (Å²) in [5.74, 6) is 0.796. The molecule has 1 aliphatic rings. The monoisotopic (exact) mass is 498 g/mol. The van der Waals surface area contributed by atoms with Crippen molar-refractivity contribution in [1.29, 1.82) is 0 Å². The summed E-state index contributed by atoms with van der Waals surface area (Å²) in [5.41, 5.74) is 0. The third kappa shape index (κ3) is 8.14. The van der Waals surface area contributed by atoms with E-state index in [4.69, 9.17) is 0 Å². The van der Waals surface area contributed by atoms with Gasteiger partial charge in [0.15, 0.2) is 5.96 Å². The van der Waals surface area contributed by atoms with Crippen LogP contribution >= 0.6 is 35.7 Å². The fourth-order valence-electron chi connectivity index (χ4n) is 2.15. The minimum atomic E-state index is -3.14. The van der Waals surface area contributed by atoms with Crippen LogP contribution in [0.3, 0.4) is 0 Å². The quantitative estimate of drug-likeness (QED) is 0.210. The predicted octanol–water partition coefficient (Wildman–Crippen LogP) is 2.03. The second kappa shape index (κ2) is 10.6. The van der Waals surface area contributed by atoms with Gasteiger partial charge in [0.05, 0.1) is 5.75 Å². The first-order valence-corrected chi connectivity index (χ1v) is 10.6. The lowest BCUT2D eigenvalue weighted by molar-refractivity contribution is 0.582. The van der Waals surface area contributed by atoms with E-state index < -0.39 is 10.0 Å². The number of sulfonamides is 1. The van der Waals surface area contributed by atoms with E-state index in [2.05, 4.69) is 44.6 Å². The molecule has 25 heavy (non-hydrogen) atoms. The number of aliphatic imine (C=N–C) groups is 1. The lowest BCUT2D eigenvalue weighted by Gasteiger charge is -2.18. The Bertz CT molecular complexity index is 649. The number of halogens is 1. The molecule has 0 spiro atoms. The third-order valence-electron chi connectivity index (χ3n) is 3.81. The van der Waals surface area contributed by atoms with Gasteiger partial charge in [0, 0.05) is 36.3 Å². The highest BCUT2D eigenvalue weighted by atomic mass is 127. The highest BCUT2D eigenvalue weighted by molar-refractivity contribution is 14.0. The molecule has 1 saturated carbocycles. The van der Waals surface area contributed by atoms with Gasteiger partial charge in [-0.15, -0.1) is 35.7 Å². The predicted molar refractivity (Wildman–Crippen MR) is 117 cm³/mol. The van der Waals surface area contributed by atoms with Crippen LogP contribution in [0.2, 0.25) is 0 Å². The lowest BCUT2D eigenvalue weighted by atomic mass is 10.4. The number of guanidine groups is 1. The molecule has 142 valence electrons. The smallest absolute Gasteiger partial charge is 0.211 e. The van der Waals surface area contributed by atoms with E-state index in [-0.39, 0.29) is 34.5 Å². The maximum atomic E-state index is 11.4. The van der Waals surface area contributed by atoms with E-state index in [0.717, 1.165) is 6.54 Å². The zero-order valence-electron chi connectivity index (χ0n) is 14.6. The minimum Gasteiger partial charge on any atom is -0.355 e. The number of hydrogen-bond acceptors (Lipinski definition) is 4. The Hall–Kier alpha value is -0.520. The van der Waals surface area contributed by atoms with E-state index in [1.807, 2.05) is 17.8 Å². The molecule has 0 aromatic heterocycles. The van der Waals surface area contributed by atoms with Crippen LogP contribution in [0.5, 0.6) is 0 Å². The van der Waals surface area contributed by atoms with E-state index in [0.29, 0.717) is 19.0 Å². The zero-order chi connectivity index (χ0) is 17.5. The fourth-order valence-corrected chi connectivity index (χ4v) is 4.01. The molecule has 0 bridgehead atoms. The second-order valence-electron chi connectivity index (χ2n) is 5.75. The van der Waals surface area contributed by atoms with Gasteiger partial charge in [-0.3, -0.25) is 4.99 Å². The maximum Gasteiger partial charge on any atom is 0.211 e. The molecular weight excluding hydrogens is 471 g/mol. The highest BCUT2D eigenvalue weighted by Gasteiger charge is 2.43. The topological polar surface area (TPSA) is 82.6 Å². The molecule has 0 heterocycles. The Morgan fingerprint density at radius 1 is 1.20 bits per heavy atom. The fraction of sp³-hybridized carbons (Fsp3) is 0.562. The van der Waals surface area contributed by atoms with Gasteiger partial charge in [0.1, 0.15) is 0 Å². The number of rotatable bonds is 9. The summed E-state index contributed by atoms with van der Waals surface area (Å²) < 4.78 is 25.5. The molecule has 2 rings (SSSR count). The Morgan fingerprint density at radius 3 is 2.44 bits per heavy atom. The van der Waals surface area contributed by atoms with Crippen molar-refractivity contribution in [3.8, 4) is 0 Å². The number of nitrogens with zero attached hydrogens (tertiary/aromatic N) is 1. The molecule has 3 N–H and O–H groups in total. The molecule has 0 amide bonds. The molecule has 0 aliphatic heterocycles. The van der Waals surface area contributed by atoms with Crippen molar-refractivity contribution in [2.24, 2.45) is 4.99 Å². The van der Waals surface area contributed by atoms with Crippen molar-refractivity contribution in [3.05, 3.63) is 30.3 Å². The van der Waals surface area contributed by atoms with Crippen molar-refractivity contribution in [3.63, 3.8) is 0 Å². The Morgan fingerprint density at radius 2 is 1.88 bits per heavy atom. The molecule has 1 fully saturated rings. The molecule has 6 nitrogen and oxygen atoms in total. The Balaban J connectivity index is 0.00000312. The summed E-state index contributed by atoms with van der Waals surface area (Å²) in [5, 5.41) is 6.48. The summed E-state index contributed by atoms with van der Waals surface area (Å²) >= 11 is 1.91. The summed E-state index contributed by atoms with van der Waals surface area (Å²) in [6.45, 7) is 3.31. The normalized spacial score (nSPS) is 16.0.